The predicted molar refractivity (Wildman–Crippen MR) is 124 cm³/mol. The van der Waals surface area contributed by atoms with Crippen LogP contribution < -0.4 is 10.1 Å². The van der Waals surface area contributed by atoms with Crippen LogP contribution in [0.5, 0.6) is 0 Å². The smallest absolute Gasteiger partial charge is 0.240 e. The summed E-state index contributed by atoms with van der Waals surface area (Å²) in [4.78, 5) is 16.0. The van der Waals surface area contributed by atoms with Crippen LogP contribution in [0.3, 0.4) is 0 Å². The Kier molecular flexibility index (Phi) is 3.68. The van der Waals surface area contributed by atoms with Crippen LogP contribution in [0.25, 0.3) is 38.2 Å². The lowest BCUT2D eigenvalue weighted by Gasteiger charge is -2.09. The number of benzene rings is 4. The topological polar surface area (TPSA) is 25.4 Å². The molecular weight excluding hydrogens is 388 g/mol. The number of imidazole rings is 1. The molecule has 0 aliphatic carbocycles. The molecule has 0 aliphatic rings. The van der Waals surface area contributed by atoms with E-state index in [4.69, 9.17) is 0 Å². The fourth-order valence-corrected chi connectivity index (χ4v) is 5.51. The SMILES string of the molecule is Cc1ccc2c(c1)n1c(=O)c3ccc(Sc4ccccc4)c4cccc(c43)c1[n+]2C. The van der Waals surface area contributed by atoms with Gasteiger partial charge in [-0.05, 0) is 60.3 Å². The van der Waals surface area contributed by atoms with Gasteiger partial charge >= 0.3 is 5.56 Å². The molecule has 0 saturated heterocycles. The Morgan fingerprint density at radius 1 is 0.833 bits per heavy atom. The first kappa shape index (κ1) is 17.5. The minimum Gasteiger partial charge on any atom is -0.240 e. The molecule has 0 fully saturated rings. The molecule has 6 rings (SSSR count). The number of hydrogen-bond acceptors (Lipinski definition) is 2. The van der Waals surface area contributed by atoms with Gasteiger partial charge in [-0.1, -0.05) is 48.2 Å². The second kappa shape index (κ2) is 6.31. The maximum atomic E-state index is 13.6. The first-order valence-electron chi connectivity index (χ1n) is 9.98. The third kappa shape index (κ3) is 2.34. The Morgan fingerprint density at radius 3 is 2.47 bits per heavy atom. The van der Waals surface area contributed by atoms with Crippen LogP contribution in [-0.2, 0) is 7.05 Å². The molecule has 4 heteroatoms. The second-order valence-electron chi connectivity index (χ2n) is 7.77. The lowest BCUT2D eigenvalue weighted by atomic mass is 10.0. The van der Waals surface area contributed by atoms with Crippen molar-refractivity contribution in [2.45, 2.75) is 16.7 Å². The largest absolute Gasteiger partial charge is 0.347 e. The molecular formula is C26H19N2OS+. The summed E-state index contributed by atoms with van der Waals surface area (Å²) in [6.07, 6.45) is 0. The van der Waals surface area contributed by atoms with E-state index in [-0.39, 0.29) is 5.56 Å². The number of fused-ring (bicyclic) bond motifs is 4. The third-order valence-electron chi connectivity index (χ3n) is 5.91. The maximum Gasteiger partial charge on any atom is 0.347 e. The first-order valence-corrected chi connectivity index (χ1v) is 10.8. The third-order valence-corrected chi connectivity index (χ3v) is 6.99. The zero-order valence-corrected chi connectivity index (χ0v) is 17.5. The van der Waals surface area contributed by atoms with Crippen molar-refractivity contribution in [3.8, 4) is 0 Å². The number of nitrogens with zero attached hydrogens (tertiary/aromatic N) is 2. The molecule has 0 spiro atoms. The number of aromatic nitrogens is 2. The highest BCUT2D eigenvalue weighted by Gasteiger charge is 2.25. The lowest BCUT2D eigenvalue weighted by molar-refractivity contribution is -0.617. The summed E-state index contributed by atoms with van der Waals surface area (Å²) in [5.41, 5.74) is 4.16. The molecule has 3 nitrogen and oxygen atoms in total. The molecule has 2 aromatic heterocycles. The fourth-order valence-electron chi connectivity index (χ4n) is 4.55. The number of rotatable bonds is 2. The number of pyridine rings is 1. The van der Waals surface area contributed by atoms with Crippen LogP contribution in [0.15, 0.2) is 93.4 Å². The summed E-state index contributed by atoms with van der Waals surface area (Å²) in [6, 6.07) is 27.1. The second-order valence-corrected chi connectivity index (χ2v) is 8.89. The average Bonchev–Trinajstić information content (AvgIpc) is 3.05. The summed E-state index contributed by atoms with van der Waals surface area (Å²) in [6.45, 7) is 2.06. The van der Waals surface area contributed by atoms with E-state index < -0.39 is 0 Å². The van der Waals surface area contributed by atoms with Crippen molar-refractivity contribution >= 4 is 50.0 Å². The molecule has 0 saturated carbocycles. The maximum absolute atomic E-state index is 13.6. The van der Waals surface area contributed by atoms with E-state index >= 15 is 0 Å². The van der Waals surface area contributed by atoms with Crippen LogP contribution in [0.4, 0.5) is 0 Å². The van der Waals surface area contributed by atoms with E-state index in [1.807, 2.05) is 23.6 Å². The summed E-state index contributed by atoms with van der Waals surface area (Å²) in [7, 11) is 2.04. The van der Waals surface area contributed by atoms with Gasteiger partial charge in [-0.3, -0.25) is 0 Å². The van der Waals surface area contributed by atoms with Crippen molar-refractivity contribution in [2.75, 3.05) is 0 Å². The van der Waals surface area contributed by atoms with Crippen molar-refractivity contribution in [1.82, 2.24) is 4.40 Å². The monoisotopic (exact) mass is 407 g/mol. The van der Waals surface area contributed by atoms with Crippen molar-refractivity contribution in [3.63, 3.8) is 0 Å². The Labute approximate surface area is 177 Å². The minimum atomic E-state index is 0.0427. The predicted octanol–water partition coefficient (Wildman–Crippen LogP) is 5.48. The number of hydrogen-bond donors (Lipinski definition) is 0. The van der Waals surface area contributed by atoms with Gasteiger partial charge in [0.15, 0.2) is 11.0 Å². The van der Waals surface area contributed by atoms with Gasteiger partial charge in [-0.25, -0.2) is 9.36 Å². The van der Waals surface area contributed by atoms with Gasteiger partial charge in [0.05, 0.1) is 17.8 Å². The molecule has 4 aromatic carbocycles. The van der Waals surface area contributed by atoms with Crippen molar-refractivity contribution in [3.05, 3.63) is 94.8 Å². The van der Waals surface area contributed by atoms with E-state index in [1.165, 1.54) is 4.90 Å². The Hall–Kier alpha value is -3.37. The van der Waals surface area contributed by atoms with Crippen molar-refractivity contribution in [1.29, 1.82) is 0 Å². The Balaban J connectivity index is 1.78. The van der Waals surface area contributed by atoms with Gasteiger partial charge < -0.3 is 0 Å². The van der Waals surface area contributed by atoms with Crippen LogP contribution >= 0.6 is 11.8 Å². The van der Waals surface area contributed by atoms with Gasteiger partial charge in [-0.2, -0.15) is 4.40 Å². The quantitative estimate of drug-likeness (QED) is 0.355. The lowest BCUT2D eigenvalue weighted by Crippen LogP contribution is -2.29. The Bertz CT molecular complexity index is 1650. The highest BCUT2D eigenvalue weighted by molar-refractivity contribution is 7.99. The molecule has 144 valence electrons. The summed E-state index contributed by atoms with van der Waals surface area (Å²) < 4.78 is 4.02. The van der Waals surface area contributed by atoms with Crippen LogP contribution in [0, 0.1) is 6.92 Å². The van der Waals surface area contributed by atoms with Gasteiger partial charge in [0.25, 0.3) is 5.65 Å². The van der Waals surface area contributed by atoms with Gasteiger partial charge in [0.2, 0.25) is 0 Å². The molecule has 30 heavy (non-hydrogen) atoms. The number of aryl methyl sites for hydroxylation is 2. The van der Waals surface area contributed by atoms with E-state index in [9.17, 15) is 4.79 Å². The molecule has 0 amide bonds. The molecule has 0 bridgehead atoms. The molecule has 0 radical (unpaired) electrons. The minimum absolute atomic E-state index is 0.0427. The highest BCUT2D eigenvalue weighted by Crippen LogP contribution is 2.37. The van der Waals surface area contributed by atoms with Crippen molar-refractivity contribution < 1.29 is 4.57 Å². The van der Waals surface area contributed by atoms with Gasteiger partial charge in [0.1, 0.15) is 0 Å². The fraction of sp³-hybridized carbons (Fsp3) is 0.0769. The van der Waals surface area contributed by atoms with Crippen LogP contribution in [0.1, 0.15) is 5.56 Å². The zero-order chi connectivity index (χ0) is 20.4. The normalized spacial score (nSPS) is 11.9. The first-order chi connectivity index (χ1) is 14.6. The molecule has 2 heterocycles. The summed E-state index contributed by atoms with van der Waals surface area (Å²) >= 11 is 1.74. The van der Waals surface area contributed by atoms with Crippen LogP contribution in [0.2, 0.25) is 0 Å². The average molecular weight is 408 g/mol. The highest BCUT2D eigenvalue weighted by atomic mass is 32.2. The summed E-state index contributed by atoms with van der Waals surface area (Å²) in [5.74, 6) is 0. The van der Waals surface area contributed by atoms with Crippen molar-refractivity contribution in [2.24, 2.45) is 7.05 Å². The zero-order valence-electron chi connectivity index (χ0n) is 16.7. The van der Waals surface area contributed by atoms with Crippen LogP contribution in [-0.4, -0.2) is 4.40 Å². The van der Waals surface area contributed by atoms with E-state index in [1.54, 1.807) is 11.8 Å². The Morgan fingerprint density at radius 2 is 1.63 bits per heavy atom. The van der Waals surface area contributed by atoms with E-state index in [0.29, 0.717) is 0 Å². The van der Waals surface area contributed by atoms with Gasteiger partial charge in [-0.15, -0.1) is 0 Å². The molecule has 0 N–H and O–H groups in total. The van der Waals surface area contributed by atoms with E-state index in [2.05, 4.69) is 78.2 Å². The molecule has 6 aromatic rings. The molecule has 0 atom stereocenters. The molecule has 0 unspecified atom stereocenters. The molecule has 0 aliphatic heterocycles. The van der Waals surface area contributed by atoms with Gasteiger partial charge in [0, 0.05) is 15.2 Å². The van der Waals surface area contributed by atoms with E-state index in [0.717, 1.165) is 48.7 Å². The summed E-state index contributed by atoms with van der Waals surface area (Å²) in [5, 5.41) is 4.05. The standard InChI is InChI=1S/C26H19N2OS/c1-16-11-13-21-22(15-16)28-25(27(21)2)19-10-6-9-18-23(30-17-7-4-3-5-8-17)14-12-20(24(18)19)26(28)29/h3-15H,1-2H3/q+1.